The van der Waals surface area contributed by atoms with Crippen molar-refractivity contribution in [2.45, 2.75) is 55.5 Å². The van der Waals surface area contributed by atoms with Crippen LogP contribution < -0.4 is 14.8 Å². The number of aryl methyl sites for hydroxylation is 1. The molecule has 3 aromatic rings. The summed E-state index contributed by atoms with van der Waals surface area (Å²) in [5.41, 5.74) is 1.26. The molecule has 2 aromatic carbocycles. The largest absolute Gasteiger partial charge is 0.448 e. The molecule has 0 atom stereocenters. The van der Waals surface area contributed by atoms with Crippen LogP contribution in [-0.4, -0.2) is 21.8 Å². The Hall–Kier alpha value is -3.00. The van der Waals surface area contributed by atoms with Crippen LogP contribution in [0.15, 0.2) is 51.9 Å². The molecule has 31 heavy (non-hydrogen) atoms. The number of hydrogen-bond donors (Lipinski definition) is 1. The smallest absolute Gasteiger partial charge is 0.256 e. The Bertz CT molecular complexity index is 1110. The molecule has 7 nitrogen and oxygen atoms in total. The second-order valence-electron chi connectivity index (χ2n) is 7.81. The summed E-state index contributed by atoms with van der Waals surface area (Å²) in [5.74, 6) is 2.34. The fourth-order valence-electron chi connectivity index (χ4n) is 3.98. The normalized spacial score (nSPS) is 16.4. The number of benzene rings is 2. The molecular formula is C23H23N3O4S. The van der Waals surface area contributed by atoms with Gasteiger partial charge in [-0.3, -0.25) is 4.79 Å². The van der Waals surface area contributed by atoms with Crippen LogP contribution in [0.1, 0.15) is 54.2 Å². The minimum absolute atomic E-state index is 0.184. The van der Waals surface area contributed by atoms with E-state index in [4.69, 9.17) is 14.0 Å². The summed E-state index contributed by atoms with van der Waals surface area (Å²) in [6, 6.07) is 13.0. The van der Waals surface area contributed by atoms with Crippen LogP contribution in [0.5, 0.6) is 11.5 Å². The van der Waals surface area contributed by atoms with Crippen LogP contribution in [0.3, 0.4) is 0 Å². The molecule has 160 valence electrons. The topological polar surface area (TPSA) is 86.5 Å². The highest BCUT2D eigenvalue weighted by atomic mass is 32.2. The lowest BCUT2D eigenvalue weighted by Gasteiger charge is -2.31. The second kappa shape index (κ2) is 8.26. The predicted octanol–water partition coefficient (Wildman–Crippen LogP) is 5.35. The van der Waals surface area contributed by atoms with Crippen molar-refractivity contribution >= 4 is 23.4 Å². The average molecular weight is 438 g/mol. The number of nitrogens with zero attached hydrogens (tertiary/aromatic N) is 2. The number of nitrogens with one attached hydrogen (secondary N) is 1. The summed E-state index contributed by atoms with van der Waals surface area (Å²) in [6.07, 6.45) is 5.22. The van der Waals surface area contributed by atoms with E-state index in [1.54, 1.807) is 13.0 Å². The fraction of sp³-hybridized carbons (Fsp3) is 0.348. The Morgan fingerprint density at radius 3 is 2.71 bits per heavy atom. The molecule has 1 N–H and O–H groups in total. The van der Waals surface area contributed by atoms with Gasteiger partial charge in [-0.25, -0.2) is 0 Å². The maximum atomic E-state index is 13.0. The molecule has 0 saturated heterocycles. The number of anilines is 1. The number of amides is 1. The number of fused-ring (bicyclic) bond motifs is 1. The van der Waals surface area contributed by atoms with E-state index in [0.29, 0.717) is 34.5 Å². The summed E-state index contributed by atoms with van der Waals surface area (Å²) < 4.78 is 17.5. The lowest BCUT2D eigenvalue weighted by Crippen LogP contribution is -2.40. The highest BCUT2D eigenvalue weighted by Crippen LogP contribution is 2.46. The van der Waals surface area contributed by atoms with Crippen molar-refractivity contribution < 1.29 is 18.8 Å². The van der Waals surface area contributed by atoms with E-state index in [9.17, 15) is 4.79 Å². The molecule has 1 amide bonds. The maximum Gasteiger partial charge on any atom is 0.256 e. The summed E-state index contributed by atoms with van der Waals surface area (Å²) >= 11 is 1.49. The van der Waals surface area contributed by atoms with E-state index < -0.39 is 5.79 Å². The first-order chi connectivity index (χ1) is 15.1. The van der Waals surface area contributed by atoms with Gasteiger partial charge >= 0.3 is 0 Å². The van der Waals surface area contributed by atoms with E-state index in [-0.39, 0.29) is 5.91 Å². The van der Waals surface area contributed by atoms with Gasteiger partial charge < -0.3 is 19.3 Å². The van der Waals surface area contributed by atoms with Gasteiger partial charge in [0, 0.05) is 29.5 Å². The Morgan fingerprint density at radius 1 is 1.10 bits per heavy atom. The number of carbonyl (C=O) groups excluding carboxylic acids is 1. The Kier molecular flexibility index (Phi) is 5.31. The third kappa shape index (κ3) is 4.25. The summed E-state index contributed by atoms with van der Waals surface area (Å²) in [6.45, 7) is 1.78. The number of hydrogen-bond acceptors (Lipinski definition) is 7. The molecule has 1 fully saturated rings. The third-order valence-corrected chi connectivity index (χ3v) is 6.52. The lowest BCUT2D eigenvalue weighted by molar-refractivity contribution is -0.105. The van der Waals surface area contributed by atoms with Gasteiger partial charge in [-0.15, -0.1) is 11.8 Å². The number of ether oxygens (including phenoxy) is 2. The molecule has 2 aliphatic rings. The molecule has 5 rings (SSSR count). The zero-order valence-corrected chi connectivity index (χ0v) is 18.0. The van der Waals surface area contributed by atoms with Gasteiger partial charge in [0.05, 0.1) is 11.3 Å². The van der Waals surface area contributed by atoms with E-state index >= 15 is 0 Å². The number of aromatic nitrogens is 2. The standard InChI is InChI=1S/C23H23N3O4S/c1-15-24-21(30-26-15)14-31-20-8-4-3-7-17(20)22(27)25-16-9-10-18-19(13-16)29-23(28-18)11-5-2-6-12-23/h3-4,7-10,13H,2,5-6,11-12,14H2,1H3,(H,25,27). The van der Waals surface area contributed by atoms with Crippen molar-refractivity contribution in [3.8, 4) is 11.5 Å². The molecular weight excluding hydrogens is 414 g/mol. The lowest BCUT2D eigenvalue weighted by atomic mass is 9.94. The van der Waals surface area contributed by atoms with Gasteiger partial charge in [-0.2, -0.15) is 4.98 Å². The number of rotatable bonds is 5. The van der Waals surface area contributed by atoms with Crippen molar-refractivity contribution in [3.63, 3.8) is 0 Å². The molecule has 0 radical (unpaired) electrons. The molecule has 1 spiro atoms. The zero-order valence-electron chi connectivity index (χ0n) is 17.2. The Morgan fingerprint density at radius 2 is 1.90 bits per heavy atom. The summed E-state index contributed by atoms with van der Waals surface area (Å²) in [5, 5.41) is 6.78. The van der Waals surface area contributed by atoms with Gasteiger partial charge in [-0.05, 0) is 44.0 Å². The van der Waals surface area contributed by atoms with Crippen LogP contribution in [0.4, 0.5) is 5.69 Å². The summed E-state index contributed by atoms with van der Waals surface area (Å²) in [7, 11) is 0. The molecule has 0 bridgehead atoms. The van der Waals surface area contributed by atoms with E-state index in [0.717, 1.165) is 36.3 Å². The van der Waals surface area contributed by atoms with Gasteiger partial charge in [-0.1, -0.05) is 23.7 Å². The summed E-state index contributed by atoms with van der Waals surface area (Å²) in [4.78, 5) is 18.1. The quantitative estimate of drug-likeness (QED) is 0.538. The first-order valence-electron chi connectivity index (χ1n) is 10.4. The van der Waals surface area contributed by atoms with E-state index in [1.807, 2.05) is 36.4 Å². The SMILES string of the molecule is Cc1noc(CSc2ccccc2C(=O)Nc2ccc3c(c2)OC2(CCCCC2)O3)n1. The number of carbonyl (C=O) groups is 1. The highest BCUT2D eigenvalue weighted by Gasteiger charge is 2.42. The van der Waals surface area contributed by atoms with Crippen LogP contribution in [0.2, 0.25) is 0 Å². The first kappa shape index (κ1) is 19.9. The van der Waals surface area contributed by atoms with Crippen LogP contribution in [0.25, 0.3) is 0 Å². The van der Waals surface area contributed by atoms with Crippen molar-refractivity contribution in [1.82, 2.24) is 10.1 Å². The molecule has 1 aliphatic carbocycles. The van der Waals surface area contributed by atoms with E-state index in [2.05, 4.69) is 15.5 Å². The maximum absolute atomic E-state index is 13.0. The van der Waals surface area contributed by atoms with Crippen molar-refractivity contribution in [2.24, 2.45) is 0 Å². The molecule has 8 heteroatoms. The van der Waals surface area contributed by atoms with Crippen molar-refractivity contribution in [1.29, 1.82) is 0 Å². The van der Waals surface area contributed by atoms with Crippen LogP contribution in [0, 0.1) is 6.92 Å². The molecule has 0 unspecified atom stereocenters. The van der Waals surface area contributed by atoms with Gasteiger partial charge in [0.1, 0.15) is 0 Å². The first-order valence-corrected chi connectivity index (χ1v) is 11.4. The highest BCUT2D eigenvalue weighted by molar-refractivity contribution is 7.98. The molecule has 1 aromatic heterocycles. The van der Waals surface area contributed by atoms with Gasteiger partial charge in [0.25, 0.3) is 11.7 Å². The molecule has 2 heterocycles. The minimum Gasteiger partial charge on any atom is -0.448 e. The minimum atomic E-state index is -0.528. The number of thioether (sulfide) groups is 1. The van der Waals surface area contributed by atoms with Gasteiger partial charge in [0.15, 0.2) is 17.3 Å². The van der Waals surface area contributed by atoms with Crippen molar-refractivity contribution in [2.75, 3.05) is 5.32 Å². The van der Waals surface area contributed by atoms with Crippen molar-refractivity contribution in [3.05, 3.63) is 59.7 Å². The fourth-order valence-corrected chi connectivity index (χ4v) is 4.87. The Balaban J connectivity index is 1.29. The predicted molar refractivity (Wildman–Crippen MR) is 117 cm³/mol. The van der Waals surface area contributed by atoms with Gasteiger partial charge in [0.2, 0.25) is 5.89 Å². The molecule has 1 aliphatic heterocycles. The third-order valence-electron chi connectivity index (χ3n) is 5.46. The molecule has 1 saturated carbocycles. The van der Waals surface area contributed by atoms with E-state index in [1.165, 1.54) is 18.2 Å². The Labute approximate surface area is 184 Å². The monoisotopic (exact) mass is 437 g/mol. The van der Waals surface area contributed by atoms with Crippen LogP contribution >= 0.6 is 11.8 Å². The van der Waals surface area contributed by atoms with Crippen LogP contribution in [-0.2, 0) is 5.75 Å². The second-order valence-corrected chi connectivity index (χ2v) is 8.83. The average Bonchev–Trinajstić information content (AvgIpc) is 3.35. The zero-order chi connectivity index (χ0) is 21.3.